The van der Waals surface area contributed by atoms with Crippen LogP contribution in [-0.2, 0) is 18.3 Å². The predicted molar refractivity (Wildman–Crippen MR) is 90.0 cm³/mol. The smallest absolute Gasteiger partial charge is 0.111 e. The Morgan fingerprint density at radius 1 is 1.27 bits per heavy atom. The van der Waals surface area contributed by atoms with Crippen molar-refractivity contribution in [1.82, 2.24) is 0 Å². The van der Waals surface area contributed by atoms with Crippen LogP contribution in [0.3, 0.4) is 0 Å². The van der Waals surface area contributed by atoms with Gasteiger partial charge >= 0.3 is 0 Å². The standard InChI is InChI=1S/C20H28O2/c1-13-5-7-16-8-6-15-12-22-18(19(15)20(16,3)4)11-14(2)10-17(21)9-13/h10,12,16-17,21H,1,5-9,11H2,2-4H3/b14-10+/t16-,17+/m0/s1. The molecule has 0 aromatic carbocycles. The Morgan fingerprint density at radius 2 is 2.00 bits per heavy atom. The minimum atomic E-state index is -0.417. The van der Waals surface area contributed by atoms with Gasteiger partial charge in [-0.3, -0.25) is 0 Å². The fourth-order valence-corrected chi connectivity index (χ4v) is 4.40. The molecule has 0 aliphatic heterocycles. The summed E-state index contributed by atoms with van der Waals surface area (Å²) in [7, 11) is 0. The van der Waals surface area contributed by atoms with Gasteiger partial charge in [-0.25, -0.2) is 0 Å². The lowest BCUT2D eigenvalue weighted by Crippen LogP contribution is -2.34. The maximum Gasteiger partial charge on any atom is 0.111 e. The number of aryl methyl sites for hydroxylation is 1. The molecule has 22 heavy (non-hydrogen) atoms. The number of fused-ring (bicyclic) bond motifs is 1. The molecule has 1 aromatic heterocycles. The van der Waals surface area contributed by atoms with Gasteiger partial charge in [0.25, 0.3) is 0 Å². The normalized spacial score (nSPS) is 30.9. The first kappa shape index (κ1) is 15.6. The SMILES string of the molecule is C=C1CC[C@H]2CCc3coc(c3C2(C)C)C/C(C)=C/[C@H](O)C1. The van der Waals surface area contributed by atoms with Crippen LogP contribution in [0, 0.1) is 5.92 Å². The summed E-state index contributed by atoms with van der Waals surface area (Å²) in [4.78, 5) is 0. The van der Waals surface area contributed by atoms with Crippen LogP contribution in [0.2, 0.25) is 0 Å². The van der Waals surface area contributed by atoms with Gasteiger partial charge in [0.2, 0.25) is 0 Å². The number of allylic oxidation sites excluding steroid dienone is 1. The van der Waals surface area contributed by atoms with E-state index < -0.39 is 6.10 Å². The fourth-order valence-electron chi connectivity index (χ4n) is 4.40. The number of hydrogen-bond acceptors (Lipinski definition) is 2. The van der Waals surface area contributed by atoms with E-state index in [0.717, 1.165) is 31.4 Å². The summed E-state index contributed by atoms with van der Waals surface area (Å²) < 4.78 is 5.93. The van der Waals surface area contributed by atoms with Gasteiger partial charge in [0.05, 0.1) is 12.4 Å². The maximum atomic E-state index is 10.2. The highest BCUT2D eigenvalue weighted by molar-refractivity contribution is 5.40. The van der Waals surface area contributed by atoms with Crippen LogP contribution < -0.4 is 0 Å². The number of hydrogen-bond donors (Lipinski definition) is 1. The Morgan fingerprint density at radius 3 is 2.77 bits per heavy atom. The summed E-state index contributed by atoms with van der Waals surface area (Å²) in [5, 5.41) is 10.2. The molecule has 0 spiro atoms. The number of aliphatic hydroxyl groups excluding tert-OH is 1. The molecule has 1 aromatic rings. The van der Waals surface area contributed by atoms with Crippen LogP contribution >= 0.6 is 0 Å². The molecule has 0 saturated heterocycles. The molecule has 1 heterocycles. The van der Waals surface area contributed by atoms with Crippen molar-refractivity contribution in [2.24, 2.45) is 5.92 Å². The van der Waals surface area contributed by atoms with Gasteiger partial charge in [-0.15, -0.1) is 0 Å². The third-order valence-electron chi connectivity index (χ3n) is 5.63. The van der Waals surface area contributed by atoms with Crippen molar-refractivity contribution < 1.29 is 9.52 Å². The van der Waals surface area contributed by atoms with Crippen LogP contribution in [-0.4, -0.2) is 11.2 Å². The Bertz CT molecular complexity index is 603. The molecule has 1 N–H and O–H groups in total. The quantitative estimate of drug-likeness (QED) is 0.704. The molecule has 2 heteroatoms. The van der Waals surface area contributed by atoms with Gasteiger partial charge < -0.3 is 9.52 Å². The summed E-state index contributed by atoms with van der Waals surface area (Å²) >= 11 is 0. The lowest BCUT2D eigenvalue weighted by Gasteiger charge is -2.40. The second kappa shape index (κ2) is 5.73. The van der Waals surface area contributed by atoms with E-state index in [0.29, 0.717) is 12.3 Å². The average molecular weight is 300 g/mol. The molecule has 0 fully saturated rings. The molecule has 2 aliphatic carbocycles. The Labute approximate surface area is 133 Å². The molecule has 0 radical (unpaired) electrons. The zero-order chi connectivity index (χ0) is 15.9. The number of aliphatic hydroxyl groups is 1. The minimum absolute atomic E-state index is 0.161. The molecule has 2 bridgehead atoms. The van der Waals surface area contributed by atoms with Crippen LogP contribution in [0.25, 0.3) is 0 Å². The predicted octanol–water partition coefficient (Wildman–Crippen LogP) is 4.71. The third-order valence-corrected chi connectivity index (χ3v) is 5.63. The number of rotatable bonds is 0. The molecular formula is C20H28O2. The van der Waals surface area contributed by atoms with E-state index in [1.54, 1.807) is 0 Å². The number of furan rings is 1. The fraction of sp³-hybridized carbons (Fsp3) is 0.600. The van der Waals surface area contributed by atoms with Gasteiger partial charge in [0, 0.05) is 12.0 Å². The van der Waals surface area contributed by atoms with Crippen molar-refractivity contribution in [3.05, 3.63) is 47.0 Å². The topological polar surface area (TPSA) is 33.4 Å². The van der Waals surface area contributed by atoms with Gasteiger partial charge in [-0.2, -0.15) is 0 Å². The van der Waals surface area contributed by atoms with Crippen molar-refractivity contribution in [2.75, 3.05) is 0 Å². The monoisotopic (exact) mass is 300 g/mol. The first-order valence-corrected chi connectivity index (χ1v) is 8.49. The Hall–Kier alpha value is -1.28. The third kappa shape index (κ3) is 2.81. The van der Waals surface area contributed by atoms with Crippen molar-refractivity contribution in [3.63, 3.8) is 0 Å². The summed E-state index contributed by atoms with van der Waals surface area (Å²) in [6.07, 6.45) is 9.52. The van der Waals surface area contributed by atoms with Crippen LogP contribution in [0.1, 0.15) is 63.3 Å². The molecule has 120 valence electrons. The first-order chi connectivity index (χ1) is 10.4. The molecule has 2 nitrogen and oxygen atoms in total. The minimum Gasteiger partial charge on any atom is -0.468 e. The second-order valence-corrected chi connectivity index (χ2v) is 7.77. The highest BCUT2D eigenvalue weighted by Gasteiger charge is 2.39. The van der Waals surface area contributed by atoms with Crippen LogP contribution in [0.5, 0.6) is 0 Å². The highest BCUT2D eigenvalue weighted by Crippen LogP contribution is 2.46. The van der Waals surface area contributed by atoms with Crippen LogP contribution in [0.4, 0.5) is 0 Å². The van der Waals surface area contributed by atoms with Crippen molar-refractivity contribution in [2.45, 2.75) is 70.8 Å². The van der Waals surface area contributed by atoms with Gasteiger partial charge in [-0.05, 0) is 55.9 Å². The maximum absolute atomic E-state index is 10.2. The molecule has 2 atom stereocenters. The van der Waals surface area contributed by atoms with E-state index >= 15 is 0 Å². The Kier molecular flexibility index (Phi) is 4.07. The van der Waals surface area contributed by atoms with E-state index in [2.05, 4.69) is 27.4 Å². The summed E-state index contributed by atoms with van der Waals surface area (Å²) in [6.45, 7) is 11.0. The Balaban J connectivity index is 2.04. The highest BCUT2D eigenvalue weighted by atomic mass is 16.3. The van der Waals surface area contributed by atoms with Crippen molar-refractivity contribution >= 4 is 0 Å². The molecule has 3 rings (SSSR count). The van der Waals surface area contributed by atoms with E-state index in [9.17, 15) is 5.11 Å². The zero-order valence-corrected chi connectivity index (χ0v) is 14.1. The summed E-state index contributed by atoms with van der Waals surface area (Å²) in [5.74, 6) is 1.76. The lowest BCUT2D eigenvalue weighted by atomic mass is 9.64. The van der Waals surface area contributed by atoms with Gasteiger partial charge in [-0.1, -0.05) is 37.6 Å². The first-order valence-electron chi connectivity index (χ1n) is 8.49. The lowest BCUT2D eigenvalue weighted by molar-refractivity contribution is 0.217. The van der Waals surface area contributed by atoms with E-state index in [-0.39, 0.29) is 5.41 Å². The van der Waals surface area contributed by atoms with E-state index in [4.69, 9.17) is 4.42 Å². The molecule has 0 amide bonds. The largest absolute Gasteiger partial charge is 0.468 e. The second-order valence-electron chi connectivity index (χ2n) is 7.77. The summed E-state index contributed by atoms with van der Waals surface area (Å²) in [6, 6.07) is 0. The average Bonchev–Trinajstić information content (AvgIpc) is 2.80. The molecule has 0 unspecified atom stereocenters. The van der Waals surface area contributed by atoms with Gasteiger partial charge in [0.15, 0.2) is 0 Å². The molecule has 0 saturated carbocycles. The van der Waals surface area contributed by atoms with Crippen LogP contribution in [0.15, 0.2) is 34.5 Å². The molecular weight excluding hydrogens is 272 g/mol. The van der Waals surface area contributed by atoms with Crippen molar-refractivity contribution in [3.8, 4) is 0 Å². The zero-order valence-electron chi connectivity index (χ0n) is 14.1. The summed E-state index contributed by atoms with van der Waals surface area (Å²) in [5.41, 5.74) is 5.33. The van der Waals surface area contributed by atoms with E-state index in [1.165, 1.54) is 28.7 Å². The molecule has 2 aliphatic rings. The van der Waals surface area contributed by atoms with Gasteiger partial charge in [0.1, 0.15) is 5.76 Å². The van der Waals surface area contributed by atoms with E-state index in [1.807, 2.05) is 12.3 Å². The van der Waals surface area contributed by atoms with Crippen molar-refractivity contribution in [1.29, 1.82) is 0 Å².